The highest BCUT2D eigenvalue weighted by molar-refractivity contribution is 9.10. The molecule has 0 aliphatic rings. The first-order valence-corrected chi connectivity index (χ1v) is 6.68. The molecule has 0 aliphatic carbocycles. The minimum atomic E-state index is -0.964. The van der Waals surface area contributed by atoms with E-state index in [1.165, 1.54) is 18.2 Å². The standard InChI is InChI=1S/C14H10BrNO5/c15-11-8-10(16(19)20)5-6-13(11)21-12-4-2-1-3-9(12)7-14(17)18/h1-6,8H,7H2,(H,17,18). The molecule has 0 aromatic heterocycles. The first kappa shape index (κ1) is 15.0. The molecule has 108 valence electrons. The highest BCUT2D eigenvalue weighted by atomic mass is 79.9. The summed E-state index contributed by atoms with van der Waals surface area (Å²) >= 11 is 3.20. The predicted octanol–water partition coefficient (Wildman–Crippen LogP) is 3.78. The van der Waals surface area contributed by atoms with Gasteiger partial charge in [-0.25, -0.2) is 0 Å². The topological polar surface area (TPSA) is 89.7 Å². The number of aliphatic carboxylic acids is 1. The van der Waals surface area contributed by atoms with Crippen molar-refractivity contribution in [1.82, 2.24) is 0 Å². The largest absolute Gasteiger partial charge is 0.481 e. The number of carboxylic acids is 1. The van der Waals surface area contributed by atoms with Crippen molar-refractivity contribution in [3.63, 3.8) is 0 Å². The zero-order valence-corrected chi connectivity index (χ0v) is 12.2. The van der Waals surface area contributed by atoms with E-state index in [4.69, 9.17) is 9.84 Å². The van der Waals surface area contributed by atoms with Gasteiger partial charge < -0.3 is 9.84 Å². The van der Waals surface area contributed by atoms with Crippen LogP contribution in [0.25, 0.3) is 0 Å². The molecule has 0 aliphatic heterocycles. The normalized spacial score (nSPS) is 10.1. The minimum absolute atomic E-state index is 0.0620. The van der Waals surface area contributed by atoms with Crippen LogP contribution in [0.15, 0.2) is 46.9 Å². The minimum Gasteiger partial charge on any atom is -0.481 e. The second-order valence-corrected chi connectivity index (χ2v) is 5.01. The fraction of sp³-hybridized carbons (Fsp3) is 0.0714. The summed E-state index contributed by atoms with van der Waals surface area (Å²) in [5, 5.41) is 19.5. The SMILES string of the molecule is O=C(O)Cc1ccccc1Oc1ccc([N+](=O)[O-])cc1Br. The fourth-order valence-electron chi connectivity index (χ4n) is 1.72. The van der Waals surface area contributed by atoms with E-state index >= 15 is 0 Å². The highest BCUT2D eigenvalue weighted by Gasteiger charge is 2.13. The van der Waals surface area contributed by atoms with E-state index < -0.39 is 10.9 Å². The molecule has 0 heterocycles. The molecular formula is C14H10BrNO5. The molecule has 1 N–H and O–H groups in total. The summed E-state index contributed by atoms with van der Waals surface area (Å²) in [4.78, 5) is 21.0. The average Bonchev–Trinajstić information content (AvgIpc) is 2.42. The van der Waals surface area contributed by atoms with E-state index in [-0.39, 0.29) is 12.1 Å². The Morgan fingerprint density at radius 2 is 1.95 bits per heavy atom. The van der Waals surface area contributed by atoms with Crippen LogP contribution in [0.4, 0.5) is 5.69 Å². The monoisotopic (exact) mass is 351 g/mol. The lowest BCUT2D eigenvalue weighted by Gasteiger charge is -2.11. The number of nitro benzene ring substituents is 1. The van der Waals surface area contributed by atoms with Crippen LogP contribution in [0.2, 0.25) is 0 Å². The predicted molar refractivity (Wildman–Crippen MR) is 78.7 cm³/mol. The average molecular weight is 352 g/mol. The smallest absolute Gasteiger partial charge is 0.307 e. The van der Waals surface area contributed by atoms with E-state index in [0.717, 1.165) is 0 Å². The highest BCUT2D eigenvalue weighted by Crippen LogP contribution is 2.34. The quantitative estimate of drug-likeness (QED) is 0.653. The van der Waals surface area contributed by atoms with Gasteiger partial charge in [-0.3, -0.25) is 14.9 Å². The molecule has 0 fully saturated rings. The number of nitrogens with zero attached hydrogens (tertiary/aromatic N) is 1. The third-order valence-electron chi connectivity index (χ3n) is 2.66. The zero-order valence-electron chi connectivity index (χ0n) is 10.7. The Morgan fingerprint density at radius 3 is 2.57 bits per heavy atom. The number of nitro groups is 1. The van der Waals surface area contributed by atoms with Gasteiger partial charge in [0.15, 0.2) is 0 Å². The lowest BCUT2D eigenvalue weighted by atomic mass is 10.1. The van der Waals surface area contributed by atoms with Crippen LogP contribution in [0.3, 0.4) is 0 Å². The summed E-state index contributed by atoms with van der Waals surface area (Å²) < 4.78 is 6.06. The van der Waals surface area contributed by atoms with Crippen LogP contribution in [0.1, 0.15) is 5.56 Å². The Hall–Kier alpha value is -2.41. The van der Waals surface area contributed by atoms with Gasteiger partial charge in [-0.1, -0.05) is 18.2 Å². The molecule has 0 spiro atoms. The lowest BCUT2D eigenvalue weighted by Crippen LogP contribution is -2.02. The molecule has 2 aromatic rings. The van der Waals surface area contributed by atoms with Crippen molar-refractivity contribution in [3.05, 3.63) is 62.6 Å². The number of non-ortho nitro benzene ring substituents is 1. The van der Waals surface area contributed by atoms with Crippen molar-refractivity contribution in [3.8, 4) is 11.5 Å². The van der Waals surface area contributed by atoms with Gasteiger partial charge in [-0.2, -0.15) is 0 Å². The van der Waals surface area contributed by atoms with Gasteiger partial charge in [-0.05, 0) is 28.1 Å². The van der Waals surface area contributed by atoms with Gasteiger partial charge in [0.05, 0.1) is 15.8 Å². The van der Waals surface area contributed by atoms with E-state index in [0.29, 0.717) is 21.5 Å². The number of para-hydroxylation sites is 1. The number of carbonyl (C=O) groups is 1. The third kappa shape index (κ3) is 3.79. The van der Waals surface area contributed by atoms with Gasteiger partial charge in [0.1, 0.15) is 11.5 Å². The molecular weight excluding hydrogens is 342 g/mol. The van der Waals surface area contributed by atoms with Crippen LogP contribution in [-0.4, -0.2) is 16.0 Å². The maximum absolute atomic E-state index is 10.8. The third-order valence-corrected chi connectivity index (χ3v) is 3.28. The number of carboxylic acid groups (broad SMARTS) is 1. The fourth-order valence-corrected chi connectivity index (χ4v) is 2.16. The second kappa shape index (κ2) is 6.36. The van der Waals surface area contributed by atoms with Gasteiger partial charge in [0, 0.05) is 17.7 Å². The van der Waals surface area contributed by atoms with Crippen molar-refractivity contribution in [2.45, 2.75) is 6.42 Å². The molecule has 0 radical (unpaired) electrons. The van der Waals surface area contributed by atoms with Crippen molar-refractivity contribution >= 4 is 27.6 Å². The number of benzene rings is 2. The van der Waals surface area contributed by atoms with Crippen molar-refractivity contribution in [1.29, 1.82) is 0 Å². The molecule has 7 heteroatoms. The molecule has 2 rings (SSSR count). The Balaban J connectivity index is 2.30. The summed E-state index contributed by atoms with van der Waals surface area (Å²) in [7, 11) is 0. The number of hydrogen-bond acceptors (Lipinski definition) is 4. The summed E-state index contributed by atoms with van der Waals surface area (Å²) in [6.45, 7) is 0. The van der Waals surface area contributed by atoms with E-state index in [1.54, 1.807) is 24.3 Å². The van der Waals surface area contributed by atoms with Gasteiger partial charge in [0.25, 0.3) is 5.69 Å². The van der Waals surface area contributed by atoms with Gasteiger partial charge in [0.2, 0.25) is 0 Å². The number of halogens is 1. The van der Waals surface area contributed by atoms with Gasteiger partial charge >= 0.3 is 5.97 Å². The maximum atomic E-state index is 10.8. The Labute approximate surface area is 128 Å². The van der Waals surface area contributed by atoms with Crippen molar-refractivity contribution in [2.75, 3.05) is 0 Å². The molecule has 0 saturated heterocycles. The second-order valence-electron chi connectivity index (χ2n) is 4.15. The van der Waals surface area contributed by atoms with E-state index in [2.05, 4.69) is 15.9 Å². The van der Waals surface area contributed by atoms with E-state index in [1.807, 2.05) is 0 Å². The van der Waals surface area contributed by atoms with Crippen LogP contribution < -0.4 is 4.74 Å². The molecule has 0 amide bonds. The van der Waals surface area contributed by atoms with Crippen LogP contribution in [0.5, 0.6) is 11.5 Å². The van der Waals surface area contributed by atoms with Crippen LogP contribution in [0, 0.1) is 10.1 Å². The molecule has 21 heavy (non-hydrogen) atoms. The summed E-state index contributed by atoms with van der Waals surface area (Å²) in [6.07, 6.45) is -0.166. The first-order valence-electron chi connectivity index (χ1n) is 5.89. The summed E-state index contributed by atoms with van der Waals surface area (Å²) in [6, 6.07) is 10.8. The Kier molecular flexibility index (Phi) is 4.54. The van der Waals surface area contributed by atoms with Crippen molar-refractivity contribution in [2.24, 2.45) is 0 Å². The molecule has 0 unspecified atom stereocenters. The summed E-state index contributed by atoms with van der Waals surface area (Å²) in [5.74, 6) is -0.193. The first-order chi connectivity index (χ1) is 9.97. The lowest BCUT2D eigenvalue weighted by molar-refractivity contribution is -0.384. The number of hydrogen-bond donors (Lipinski definition) is 1. The number of ether oxygens (including phenoxy) is 1. The molecule has 0 bridgehead atoms. The maximum Gasteiger partial charge on any atom is 0.307 e. The van der Waals surface area contributed by atoms with Crippen molar-refractivity contribution < 1.29 is 19.6 Å². The molecule has 6 nitrogen and oxygen atoms in total. The van der Waals surface area contributed by atoms with Gasteiger partial charge in [-0.15, -0.1) is 0 Å². The summed E-state index contributed by atoms with van der Waals surface area (Å²) in [5.41, 5.74) is 0.461. The molecule has 0 saturated carbocycles. The zero-order chi connectivity index (χ0) is 15.4. The molecule has 2 aromatic carbocycles. The van der Waals surface area contributed by atoms with E-state index in [9.17, 15) is 14.9 Å². The van der Waals surface area contributed by atoms with Crippen LogP contribution in [-0.2, 0) is 11.2 Å². The number of rotatable bonds is 5. The Morgan fingerprint density at radius 1 is 1.24 bits per heavy atom. The molecule has 0 atom stereocenters. The Bertz CT molecular complexity index is 702. The van der Waals surface area contributed by atoms with Crippen LogP contribution >= 0.6 is 15.9 Å².